The van der Waals surface area contributed by atoms with Crippen LogP contribution in [0.4, 0.5) is 0 Å². The third kappa shape index (κ3) is 39.6. The molecule has 0 atom stereocenters. The summed E-state index contributed by atoms with van der Waals surface area (Å²) in [4.78, 5) is 56.3. The smallest absolute Gasteiger partial charge is 0.299 e. The van der Waals surface area contributed by atoms with E-state index in [1.165, 1.54) is 437 Å². The van der Waals surface area contributed by atoms with Gasteiger partial charge >= 0.3 is 0 Å². The molecule has 0 aliphatic heterocycles. The highest BCUT2D eigenvalue weighted by Gasteiger charge is 2.23. The van der Waals surface area contributed by atoms with Crippen molar-refractivity contribution in [2.75, 3.05) is 0 Å². The highest BCUT2D eigenvalue weighted by molar-refractivity contribution is 6.15. The molecule has 564 valence electrons. The molecule has 6 heteroatoms. The Hall–Kier alpha value is -3.02. The molecule has 0 bridgehead atoms. The van der Waals surface area contributed by atoms with Gasteiger partial charge in [0.05, 0.1) is 21.8 Å². The first-order chi connectivity index (χ1) is 48.4. The molecule has 2 heterocycles. The number of hydrogen-bond donors (Lipinski definition) is 0. The fourth-order valence-electron chi connectivity index (χ4n) is 16.8. The average Bonchev–Trinajstić information content (AvgIpc) is 1.56. The lowest BCUT2D eigenvalue weighted by Gasteiger charge is -2.18. The van der Waals surface area contributed by atoms with Gasteiger partial charge in [-0.3, -0.25) is 19.2 Å². The molecule has 0 unspecified atom stereocenters. The topological polar surface area (TPSA) is 78.1 Å². The van der Waals surface area contributed by atoms with Crippen LogP contribution in [-0.2, 0) is 13.1 Å². The van der Waals surface area contributed by atoms with Crippen LogP contribution in [0.1, 0.15) is 477 Å². The second-order valence-corrected chi connectivity index (χ2v) is 32.3. The van der Waals surface area contributed by atoms with Crippen molar-refractivity contribution in [3.8, 4) is 0 Å². The van der Waals surface area contributed by atoms with Crippen LogP contribution in [0, 0.1) is 11.8 Å². The zero-order valence-corrected chi connectivity index (χ0v) is 65.9. The Labute approximate surface area is 605 Å². The molecule has 0 aliphatic carbocycles. The lowest BCUT2D eigenvalue weighted by atomic mass is 9.91. The van der Waals surface area contributed by atoms with Gasteiger partial charge in [-0.25, -0.2) is 0 Å². The third-order valence-electron chi connectivity index (χ3n) is 23.4. The minimum Gasteiger partial charge on any atom is -0.304 e. The van der Waals surface area contributed by atoms with Crippen LogP contribution in [0.3, 0.4) is 0 Å². The van der Waals surface area contributed by atoms with E-state index in [-0.39, 0.29) is 0 Å². The summed E-state index contributed by atoms with van der Waals surface area (Å²) in [6.07, 6.45) is 94.4. The molecule has 0 amide bonds. The molecule has 0 aliphatic rings. The van der Waals surface area contributed by atoms with E-state index in [1.807, 2.05) is 24.3 Å². The summed E-state index contributed by atoms with van der Waals surface area (Å²) < 4.78 is 3.60. The molecule has 4 rings (SSSR count). The fourth-order valence-corrected chi connectivity index (χ4v) is 16.8. The molecule has 2 aromatic heterocycles. The van der Waals surface area contributed by atoms with E-state index < -0.39 is 22.0 Å². The number of aromatic nitrogens is 2. The molecule has 0 N–H and O–H groups in total. The number of hydrogen-bond acceptors (Lipinski definition) is 4. The highest BCUT2D eigenvalue weighted by atomic mass is 16.2. The van der Waals surface area contributed by atoms with E-state index in [0.29, 0.717) is 46.7 Å². The van der Waals surface area contributed by atoms with Crippen LogP contribution in [0.2, 0.25) is 0 Å². The van der Waals surface area contributed by atoms with Gasteiger partial charge < -0.3 is 9.13 Å². The molecule has 0 saturated heterocycles. The first-order valence-electron chi connectivity index (χ1n) is 44.7. The van der Waals surface area contributed by atoms with Crippen molar-refractivity contribution in [1.82, 2.24) is 9.13 Å². The third-order valence-corrected chi connectivity index (χ3v) is 23.4. The Morgan fingerprint density at radius 2 is 0.357 bits per heavy atom. The quantitative estimate of drug-likeness (QED) is 0.0326. The molecule has 0 spiro atoms. The van der Waals surface area contributed by atoms with Gasteiger partial charge in [0.15, 0.2) is 0 Å². The van der Waals surface area contributed by atoms with Gasteiger partial charge in [-0.15, -0.1) is 0 Å². The standard InChI is InChI=1S/C92H162N2O4/c1-5-9-13-17-21-25-29-33-37-41-45-49-53-57-61-65-69-81(70-66-62-58-54-50-46-42-38-34-30-26-22-18-14-10-6-2)77-79-93-87-83-73-76-86-88(84(83)74-75-85(87)89(95)91(93)97)94(92(98)90(86)96)80-78-82(71-67-63-59-55-51-47-43-39-35-31-27-23-19-15-11-7-3)72-68-64-60-56-52-48-44-40-36-32-28-24-20-16-12-8-4/h73-76,81-82H,5-72,77-80H2,1-4H3. The van der Waals surface area contributed by atoms with Crippen LogP contribution in [0.5, 0.6) is 0 Å². The van der Waals surface area contributed by atoms with Crippen molar-refractivity contribution in [3.63, 3.8) is 0 Å². The van der Waals surface area contributed by atoms with Crippen molar-refractivity contribution in [2.24, 2.45) is 11.8 Å². The minimum atomic E-state index is -0.426. The van der Waals surface area contributed by atoms with Gasteiger partial charge in [0, 0.05) is 23.9 Å². The first kappa shape index (κ1) is 87.4. The van der Waals surface area contributed by atoms with Crippen molar-refractivity contribution >= 4 is 32.6 Å². The predicted octanol–water partition coefficient (Wildman–Crippen LogP) is 29.7. The summed E-state index contributed by atoms with van der Waals surface area (Å²) in [6.45, 7) is 10.3. The van der Waals surface area contributed by atoms with Gasteiger partial charge in [0.25, 0.3) is 22.0 Å². The molecule has 0 radical (unpaired) electrons. The number of fused-ring (bicyclic) bond motifs is 5. The Morgan fingerprint density at radius 3 is 0.531 bits per heavy atom. The summed E-state index contributed by atoms with van der Waals surface area (Å²) in [5.41, 5.74) is -0.312. The van der Waals surface area contributed by atoms with Crippen LogP contribution >= 0.6 is 0 Å². The minimum absolute atomic E-state index is 0.424. The van der Waals surface area contributed by atoms with Gasteiger partial charge in [-0.05, 0) is 36.8 Å². The van der Waals surface area contributed by atoms with Crippen molar-refractivity contribution < 1.29 is 0 Å². The van der Waals surface area contributed by atoms with Gasteiger partial charge in [0.2, 0.25) is 0 Å². The Morgan fingerprint density at radius 1 is 0.204 bits per heavy atom. The van der Waals surface area contributed by atoms with Gasteiger partial charge in [-0.1, -0.05) is 476 Å². The molecule has 98 heavy (non-hydrogen) atoms. The van der Waals surface area contributed by atoms with E-state index in [1.54, 1.807) is 9.13 Å². The van der Waals surface area contributed by atoms with Crippen LogP contribution in [-0.4, -0.2) is 9.13 Å². The molecule has 2 aromatic carbocycles. The molecule has 0 fully saturated rings. The molecule has 0 saturated carbocycles. The summed E-state index contributed by atoms with van der Waals surface area (Å²) in [6, 6.07) is 7.52. The Bertz CT molecular complexity index is 2410. The zero-order valence-electron chi connectivity index (χ0n) is 65.9. The van der Waals surface area contributed by atoms with E-state index >= 15 is 0 Å². The number of benzene rings is 2. The summed E-state index contributed by atoms with van der Waals surface area (Å²) in [5, 5.41) is 2.57. The fraction of sp³-hybridized carbons (Fsp3) is 0.848. The summed E-state index contributed by atoms with van der Waals surface area (Å²) in [7, 11) is 0. The Kier molecular flexibility index (Phi) is 54.8. The molecular weight excluding hydrogens is 1200 g/mol. The Balaban J connectivity index is 1.37. The number of nitrogens with zero attached hydrogens (tertiary/aromatic N) is 2. The number of aryl methyl sites for hydroxylation is 2. The SMILES string of the molecule is CCCCCCCCCCCCCCCCCCC(CCCCCCCCCCCCCCCCCC)CCn1c(=O)c(=O)c2ccc3c(ccc4c(=O)c(=O)n(CCC(CCCCCCCCCCCCCCCCCC)CCCCCCCCCCCCCCCCCC)c43)c21. The van der Waals surface area contributed by atoms with Crippen molar-refractivity contribution in [3.05, 3.63) is 65.4 Å². The molecule has 4 aromatic rings. The monoisotopic (exact) mass is 1360 g/mol. The second kappa shape index (κ2) is 61.5. The van der Waals surface area contributed by atoms with E-state index in [4.69, 9.17) is 0 Å². The second-order valence-electron chi connectivity index (χ2n) is 32.3. The maximum atomic E-state index is 14.2. The van der Waals surface area contributed by atoms with Gasteiger partial charge in [-0.2, -0.15) is 0 Å². The molecular formula is C92H162N2O4. The predicted molar refractivity (Wildman–Crippen MR) is 435 cm³/mol. The van der Waals surface area contributed by atoms with E-state index in [2.05, 4.69) is 27.7 Å². The first-order valence-corrected chi connectivity index (χ1v) is 44.7. The van der Waals surface area contributed by atoms with Crippen molar-refractivity contribution in [2.45, 2.75) is 490 Å². The maximum Gasteiger partial charge on any atom is 0.299 e. The van der Waals surface area contributed by atoms with Crippen LogP contribution in [0.15, 0.2) is 43.4 Å². The lowest BCUT2D eigenvalue weighted by molar-refractivity contribution is 0.361. The van der Waals surface area contributed by atoms with E-state index in [0.717, 1.165) is 23.6 Å². The number of rotatable bonds is 74. The maximum absolute atomic E-state index is 14.2. The summed E-state index contributed by atoms with van der Waals surface area (Å²) >= 11 is 0. The zero-order chi connectivity index (χ0) is 69.8. The summed E-state index contributed by atoms with van der Waals surface area (Å²) in [5.74, 6) is 1.02. The lowest BCUT2D eigenvalue weighted by Crippen LogP contribution is -2.27. The largest absolute Gasteiger partial charge is 0.304 e. The van der Waals surface area contributed by atoms with Crippen LogP contribution < -0.4 is 22.0 Å². The highest BCUT2D eigenvalue weighted by Crippen LogP contribution is 2.32. The number of unbranched alkanes of at least 4 members (excludes halogenated alkanes) is 60. The molecule has 6 nitrogen and oxygen atoms in total. The normalized spacial score (nSPS) is 12.1. The van der Waals surface area contributed by atoms with Gasteiger partial charge in [0.1, 0.15) is 0 Å². The van der Waals surface area contributed by atoms with Crippen LogP contribution in [0.25, 0.3) is 32.6 Å². The van der Waals surface area contributed by atoms with Crippen molar-refractivity contribution in [1.29, 1.82) is 0 Å². The van der Waals surface area contributed by atoms with E-state index in [9.17, 15) is 19.2 Å². The average molecular weight is 1360 g/mol.